The maximum absolute atomic E-state index is 12.0. The molecule has 2 N–H and O–H groups in total. The van der Waals surface area contributed by atoms with E-state index < -0.39 is 5.76 Å². The van der Waals surface area contributed by atoms with Gasteiger partial charge in [-0.15, -0.1) is 0 Å². The SMILES string of the molecule is Cc1c(Cl)cccc1NC(=O)/C=C/c1ccc2oc(=O)[nH]c2c1. The number of halogens is 1. The Balaban J connectivity index is 1.76. The molecule has 0 spiro atoms. The van der Waals surface area contributed by atoms with Crippen LogP contribution in [0.15, 0.2) is 51.7 Å². The molecule has 5 nitrogen and oxygen atoms in total. The topological polar surface area (TPSA) is 75.1 Å². The van der Waals surface area contributed by atoms with Gasteiger partial charge in [-0.1, -0.05) is 23.7 Å². The zero-order valence-corrected chi connectivity index (χ0v) is 13.0. The average molecular weight is 329 g/mol. The number of amides is 1. The van der Waals surface area contributed by atoms with Gasteiger partial charge in [-0.25, -0.2) is 4.79 Å². The minimum atomic E-state index is -0.504. The fourth-order valence-electron chi connectivity index (χ4n) is 2.16. The summed E-state index contributed by atoms with van der Waals surface area (Å²) in [7, 11) is 0. The van der Waals surface area contributed by atoms with Gasteiger partial charge >= 0.3 is 5.76 Å². The van der Waals surface area contributed by atoms with E-state index in [-0.39, 0.29) is 5.91 Å². The Kier molecular flexibility index (Phi) is 4.04. The third-order valence-electron chi connectivity index (χ3n) is 3.40. The molecule has 116 valence electrons. The smallest absolute Gasteiger partial charge is 0.408 e. The van der Waals surface area contributed by atoms with Crippen LogP contribution in [-0.4, -0.2) is 10.9 Å². The Labute approximate surface area is 136 Å². The van der Waals surface area contributed by atoms with Crippen molar-refractivity contribution in [1.82, 2.24) is 4.98 Å². The first kappa shape index (κ1) is 15.1. The van der Waals surface area contributed by atoms with Gasteiger partial charge in [0.1, 0.15) is 0 Å². The molecule has 0 unspecified atom stereocenters. The standard InChI is InChI=1S/C17H13ClN2O3/c1-10-12(18)3-2-4-13(10)19-16(21)8-6-11-5-7-15-14(9-11)20-17(22)23-15/h2-9H,1H3,(H,19,21)(H,20,22)/b8-6+. The first-order valence-corrected chi connectivity index (χ1v) is 7.28. The highest BCUT2D eigenvalue weighted by molar-refractivity contribution is 6.31. The number of hydrogen-bond acceptors (Lipinski definition) is 3. The molecule has 1 amide bonds. The molecule has 2 aromatic carbocycles. The minimum Gasteiger partial charge on any atom is -0.408 e. The second-order valence-electron chi connectivity index (χ2n) is 5.01. The summed E-state index contributed by atoms with van der Waals surface area (Å²) in [6.45, 7) is 1.84. The number of carbonyl (C=O) groups excluding carboxylic acids is 1. The molecule has 0 aliphatic rings. The first-order valence-electron chi connectivity index (χ1n) is 6.90. The molecule has 0 saturated heterocycles. The van der Waals surface area contributed by atoms with Crippen LogP contribution in [0.25, 0.3) is 17.2 Å². The summed E-state index contributed by atoms with van der Waals surface area (Å²) < 4.78 is 4.92. The molecule has 3 aromatic rings. The summed E-state index contributed by atoms with van der Waals surface area (Å²) in [5.74, 6) is -0.772. The zero-order chi connectivity index (χ0) is 16.4. The van der Waals surface area contributed by atoms with Crippen molar-refractivity contribution in [3.63, 3.8) is 0 Å². The number of fused-ring (bicyclic) bond motifs is 1. The van der Waals surface area contributed by atoms with Crippen LogP contribution in [0.5, 0.6) is 0 Å². The fourth-order valence-corrected chi connectivity index (χ4v) is 2.34. The van der Waals surface area contributed by atoms with E-state index in [4.69, 9.17) is 16.0 Å². The van der Waals surface area contributed by atoms with Crippen molar-refractivity contribution in [2.24, 2.45) is 0 Å². The Morgan fingerprint density at radius 3 is 2.96 bits per heavy atom. The number of oxazole rings is 1. The Hall–Kier alpha value is -2.79. The van der Waals surface area contributed by atoms with Crippen LogP contribution in [0.4, 0.5) is 5.69 Å². The van der Waals surface area contributed by atoms with E-state index in [0.29, 0.717) is 21.8 Å². The number of aromatic amines is 1. The molecule has 0 aliphatic carbocycles. The molecule has 3 rings (SSSR count). The summed E-state index contributed by atoms with van der Waals surface area (Å²) in [5, 5.41) is 3.37. The fraction of sp³-hybridized carbons (Fsp3) is 0.0588. The number of benzene rings is 2. The quantitative estimate of drug-likeness (QED) is 0.719. The van der Waals surface area contributed by atoms with Crippen molar-refractivity contribution >= 4 is 40.4 Å². The van der Waals surface area contributed by atoms with Crippen molar-refractivity contribution in [2.45, 2.75) is 6.92 Å². The van der Waals surface area contributed by atoms with E-state index in [1.165, 1.54) is 6.08 Å². The lowest BCUT2D eigenvalue weighted by molar-refractivity contribution is -0.111. The third-order valence-corrected chi connectivity index (χ3v) is 3.81. The van der Waals surface area contributed by atoms with Crippen LogP contribution in [-0.2, 0) is 4.79 Å². The van der Waals surface area contributed by atoms with Crippen LogP contribution >= 0.6 is 11.6 Å². The molecule has 1 aromatic heterocycles. The molecule has 0 fully saturated rings. The third kappa shape index (κ3) is 3.35. The average Bonchev–Trinajstić information content (AvgIpc) is 2.89. The maximum Gasteiger partial charge on any atom is 0.417 e. The Morgan fingerprint density at radius 2 is 2.13 bits per heavy atom. The van der Waals surface area contributed by atoms with Gasteiger partial charge in [0.15, 0.2) is 5.58 Å². The molecule has 0 aliphatic heterocycles. The highest BCUT2D eigenvalue weighted by atomic mass is 35.5. The number of nitrogens with one attached hydrogen (secondary N) is 2. The van der Waals surface area contributed by atoms with E-state index >= 15 is 0 Å². The number of H-pyrrole nitrogens is 1. The van der Waals surface area contributed by atoms with Crippen LogP contribution < -0.4 is 11.1 Å². The van der Waals surface area contributed by atoms with Gasteiger partial charge in [0.25, 0.3) is 0 Å². The number of hydrogen-bond donors (Lipinski definition) is 2. The number of aromatic nitrogens is 1. The van der Waals surface area contributed by atoms with Crippen molar-refractivity contribution in [1.29, 1.82) is 0 Å². The molecular weight excluding hydrogens is 316 g/mol. The summed E-state index contributed by atoms with van der Waals surface area (Å²) in [6.07, 6.45) is 3.07. The number of carbonyl (C=O) groups is 1. The summed E-state index contributed by atoms with van der Waals surface area (Å²) in [4.78, 5) is 25.7. The predicted molar refractivity (Wildman–Crippen MR) is 90.7 cm³/mol. The summed E-state index contributed by atoms with van der Waals surface area (Å²) in [6, 6.07) is 10.5. The molecule has 6 heteroatoms. The van der Waals surface area contributed by atoms with Crippen LogP contribution in [0.2, 0.25) is 5.02 Å². The van der Waals surface area contributed by atoms with Gasteiger partial charge in [-0.2, -0.15) is 0 Å². The largest absolute Gasteiger partial charge is 0.417 e. The predicted octanol–water partition coefficient (Wildman–Crippen LogP) is 3.73. The highest BCUT2D eigenvalue weighted by Gasteiger charge is 2.05. The number of anilines is 1. The van der Waals surface area contributed by atoms with Crippen LogP contribution in [0.3, 0.4) is 0 Å². The summed E-state index contributed by atoms with van der Waals surface area (Å²) >= 11 is 6.02. The van der Waals surface area contributed by atoms with Crippen molar-refractivity contribution < 1.29 is 9.21 Å². The molecule has 0 saturated carbocycles. The minimum absolute atomic E-state index is 0.267. The van der Waals surface area contributed by atoms with Gasteiger partial charge in [0.05, 0.1) is 5.52 Å². The second-order valence-corrected chi connectivity index (χ2v) is 5.41. The lowest BCUT2D eigenvalue weighted by Crippen LogP contribution is -2.08. The Bertz CT molecular complexity index is 969. The van der Waals surface area contributed by atoms with E-state index in [2.05, 4.69) is 10.3 Å². The lowest BCUT2D eigenvalue weighted by atomic mass is 10.2. The van der Waals surface area contributed by atoms with E-state index in [0.717, 1.165) is 11.1 Å². The second kappa shape index (κ2) is 6.14. The van der Waals surface area contributed by atoms with E-state index in [1.54, 1.807) is 42.5 Å². The monoisotopic (exact) mass is 328 g/mol. The van der Waals surface area contributed by atoms with Crippen molar-refractivity contribution in [3.05, 3.63) is 69.2 Å². The molecule has 0 atom stereocenters. The van der Waals surface area contributed by atoms with Crippen molar-refractivity contribution in [2.75, 3.05) is 5.32 Å². The van der Waals surface area contributed by atoms with Crippen LogP contribution in [0, 0.1) is 6.92 Å². The van der Waals surface area contributed by atoms with Gasteiger partial charge in [-0.05, 0) is 48.4 Å². The van der Waals surface area contributed by atoms with Gasteiger partial charge in [0.2, 0.25) is 5.91 Å². The van der Waals surface area contributed by atoms with Gasteiger partial charge < -0.3 is 9.73 Å². The number of rotatable bonds is 3. The normalized spacial score (nSPS) is 11.2. The maximum atomic E-state index is 12.0. The lowest BCUT2D eigenvalue weighted by Gasteiger charge is -2.07. The first-order chi connectivity index (χ1) is 11.0. The molecule has 1 heterocycles. The summed E-state index contributed by atoms with van der Waals surface area (Å²) in [5.41, 5.74) is 3.32. The molecular formula is C17H13ClN2O3. The van der Waals surface area contributed by atoms with E-state index in [1.807, 2.05) is 6.92 Å². The van der Waals surface area contributed by atoms with Crippen LogP contribution in [0.1, 0.15) is 11.1 Å². The van der Waals surface area contributed by atoms with Gasteiger partial charge in [0, 0.05) is 16.8 Å². The van der Waals surface area contributed by atoms with Crippen molar-refractivity contribution in [3.8, 4) is 0 Å². The van der Waals surface area contributed by atoms with E-state index in [9.17, 15) is 9.59 Å². The van der Waals surface area contributed by atoms with Gasteiger partial charge in [-0.3, -0.25) is 9.78 Å². The highest BCUT2D eigenvalue weighted by Crippen LogP contribution is 2.23. The Morgan fingerprint density at radius 1 is 1.30 bits per heavy atom. The molecule has 0 radical (unpaired) electrons. The zero-order valence-electron chi connectivity index (χ0n) is 12.2. The molecule has 0 bridgehead atoms. The molecule has 23 heavy (non-hydrogen) atoms.